The SMILES string of the molecule is Cc1nnc(N(C)C)c2nn(-c3cccc(OC(CCN)c4cccnc4)c3)c(C)c12. The van der Waals surface area contributed by atoms with Crippen molar-refractivity contribution >= 4 is 16.7 Å². The van der Waals surface area contributed by atoms with Crippen LogP contribution < -0.4 is 15.4 Å². The first kappa shape index (κ1) is 20.7. The van der Waals surface area contributed by atoms with E-state index in [1.54, 1.807) is 6.20 Å². The number of hydrogen-bond acceptors (Lipinski definition) is 7. The minimum Gasteiger partial charge on any atom is -0.486 e. The van der Waals surface area contributed by atoms with Gasteiger partial charge in [0.2, 0.25) is 0 Å². The fourth-order valence-electron chi connectivity index (χ4n) is 3.73. The first-order valence-electron chi connectivity index (χ1n) is 10.3. The third-order valence-corrected chi connectivity index (χ3v) is 5.23. The van der Waals surface area contributed by atoms with Crippen LogP contribution in [0.3, 0.4) is 0 Å². The second kappa shape index (κ2) is 8.69. The van der Waals surface area contributed by atoms with Gasteiger partial charge in [-0.1, -0.05) is 12.1 Å². The summed E-state index contributed by atoms with van der Waals surface area (Å²) in [6.07, 6.45) is 4.11. The molecule has 0 radical (unpaired) electrons. The Morgan fingerprint density at radius 1 is 1.13 bits per heavy atom. The molecule has 160 valence electrons. The Kier molecular flexibility index (Phi) is 5.81. The number of pyridine rings is 1. The largest absolute Gasteiger partial charge is 0.486 e. The van der Waals surface area contributed by atoms with Gasteiger partial charge in [0.25, 0.3) is 0 Å². The standard InChI is InChI=1S/C23H27N7O/c1-15-21-16(2)30(28-22(21)23(27-26-15)29(3)4)18-8-5-9-19(13-18)31-20(10-11-24)17-7-6-12-25-14-17/h5-9,12-14,20H,10-11,24H2,1-4H3. The molecule has 0 fully saturated rings. The van der Waals surface area contributed by atoms with Gasteiger partial charge < -0.3 is 15.4 Å². The highest BCUT2D eigenvalue weighted by molar-refractivity contribution is 5.92. The van der Waals surface area contributed by atoms with Crippen LogP contribution in [-0.4, -0.2) is 45.6 Å². The minimum atomic E-state index is -0.164. The van der Waals surface area contributed by atoms with Crippen molar-refractivity contribution in [3.8, 4) is 11.4 Å². The van der Waals surface area contributed by atoms with Gasteiger partial charge >= 0.3 is 0 Å². The van der Waals surface area contributed by atoms with E-state index in [2.05, 4.69) is 15.2 Å². The predicted molar refractivity (Wildman–Crippen MR) is 122 cm³/mol. The molecule has 0 bridgehead atoms. The summed E-state index contributed by atoms with van der Waals surface area (Å²) in [5, 5.41) is 14.5. The van der Waals surface area contributed by atoms with Crippen molar-refractivity contribution in [3.05, 3.63) is 65.7 Å². The number of aromatic nitrogens is 5. The molecule has 1 aromatic carbocycles. The number of ether oxygens (including phenoxy) is 1. The van der Waals surface area contributed by atoms with Crippen LogP contribution in [0.2, 0.25) is 0 Å². The molecule has 0 amide bonds. The molecule has 0 saturated heterocycles. The van der Waals surface area contributed by atoms with Crippen molar-refractivity contribution in [2.45, 2.75) is 26.4 Å². The number of aryl methyl sites for hydroxylation is 2. The van der Waals surface area contributed by atoms with E-state index in [-0.39, 0.29) is 6.10 Å². The van der Waals surface area contributed by atoms with Gasteiger partial charge in [0, 0.05) is 44.5 Å². The van der Waals surface area contributed by atoms with Gasteiger partial charge in [-0.05, 0) is 38.6 Å². The Hall–Kier alpha value is -3.52. The van der Waals surface area contributed by atoms with Crippen LogP contribution >= 0.6 is 0 Å². The molecule has 2 N–H and O–H groups in total. The molecule has 0 aliphatic heterocycles. The monoisotopic (exact) mass is 417 g/mol. The zero-order valence-corrected chi connectivity index (χ0v) is 18.3. The summed E-state index contributed by atoms with van der Waals surface area (Å²) in [6, 6.07) is 11.8. The molecular formula is C23H27N7O. The number of nitrogens with zero attached hydrogens (tertiary/aromatic N) is 6. The van der Waals surface area contributed by atoms with Crippen molar-refractivity contribution in [2.24, 2.45) is 5.73 Å². The molecule has 0 saturated carbocycles. The summed E-state index contributed by atoms with van der Waals surface area (Å²) in [5.41, 5.74) is 10.4. The summed E-state index contributed by atoms with van der Waals surface area (Å²) in [4.78, 5) is 6.14. The van der Waals surface area contributed by atoms with E-state index in [9.17, 15) is 0 Å². The smallest absolute Gasteiger partial charge is 0.179 e. The maximum absolute atomic E-state index is 6.31. The number of hydrogen-bond donors (Lipinski definition) is 1. The van der Waals surface area contributed by atoms with Crippen LogP contribution in [0.4, 0.5) is 5.82 Å². The summed E-state index contributed by atoms with van der Waals surface area (Å²) in [7, 11) is 3.88. The number of anilines is 1. The van der Waals surface area contributed by atoms with Crippen LogP contribution in [0.25, 0.3) is 16.6 Å². The third-order valence-electron chi connectivity index (χ3n) is 5.23. The minimum absolute atomic E-state index is 0.164. The molecule has 1 unspecified atom stereocenters. The van der Waals surface area contributed by atoms with Crippen molar-refractivity contribution < 1.29 is 4.74 Å². The molecule has 4 rings (SSSR count). The third kappa shape index (κ3) is 4.06. The van der Waals surface area contributed by atoms with E-state index in [4.69, 9.17) is 15.6 Å². The predicted octanol–water partition coefficient (Wildman–Crippen LogP) is 3.36. The molecular weight excluding hydrogens is 390 g/mol. The van der Waals surface area contributed by atoms with Gasteiger partial charge in [-0.25, -0.2) is 4.68 Å². The molecule has 8 nitrogen and oxygen atoms in total. The van der Waals surface area contributed by atoms with Crippen LogP contribution in [0, 0.1) is 13.8 Å². The molecule has 4 aromatic rings. The van der Waals surface area contributed by atoms with Crippen LogP contribution in [0.15, 0.2) is 48.8 Å². The average Bonchev–Trinajstić information content (AvgIpc) is 3.12. The molecule has 8 heteroatoms. The molecule has 0 aliphatic carbocycles. The van der Waals surface area contributed by atoms with E-state index in [0.717, 1.165) is 45.1 Å². The Morgan fingerprint density at radius 2 is 1.97 bits per heavy atom. The maximum atomic E-state index is 6.31. The highest BCUT2D eigenvalue weighted by Crippen LogP contribution is 2.30. The van der Waals surface area contributed by atoms with Gasteiger partial charge in [-0.15, -0.1) is 5.10 Å². The topological polar surface area (TPSA) is 95.0 Å². The highest BCUT2D eigenvalue weighted by Gasteiger charge is 2.19. The van der Waals surface area contributed by atoms with Crippen molar-refractivity contribution in [2.75, 3.05) is 25.5 Å². The quantitative estimate of drug-likeness (QED) is 0.493. The Balaban J connectivity index is 1.73. The molecule has 3 aromatic heterocycles. The molecule has 3 heterocycles. The number of benzene rings is 1. The second-order valence-corrected chi connectivity index (χ2v) is 7.69. The first-order chi connectivity index (χ1) is 15.0. The summed E-state index contributed by atoms with van der Waals surface area (Å²) < 4.78 is 8.23. The zero-order chi connectivity index (χ0) is 22.0. The normalized spacial score (nSPS) is 12.2. The lowest BCUT2D eigenvalue weighted by Gasteiger charge is -2.19. The Labute approximate surface area is 181 Å². The molecule has 0 aliphatic rings. The Morgan fingerprint density at radius 3 is 2.68 bits per heavy atom. The van der Waals surface area contributed by atoms with Gasteiger partial charge in [0.05, 0.1) is 22.5 Å². The van der Waals surface area contributed by atoms with Crippen LogP contribution in [0.5, 0.6) is 5.75 Å². The Bertz CT molecular complexity index is 1190. The van der Waals surface area contributed by atoms with Gasteiger partial charge in [-0.2, -0.15) is 10.2 Å². The van der Waals surface area contributed by atoms with E-state index in [1.807, 2.05) is 80.1 Å². The van der Waals surface area contributed by atoms with Crippen LogP contribution in [0.1, 0.15) is 29.5 Å². The highest BCUT2D eigenvalue weighted by atomic mass is 16.5. The molecule has 31 heavy (non-hydrogen) atoms. The van der Waals surface area contributed by atoms with E-state index in [1.165, 1.54) is 0 Å². The van der Waals surface area contributed by atoms with E-state index < -0.39 is 0 Å². The van der Waals surface area contributed by atoms with Gasteiger partial charge in [0.1, 0.15) is 17.4 Å². The summed E-state index contributed by atoms with van der Waals surface area (Å²) in [6.45, 7) is 4.53. The fraction of sp³-hybridized carbons (Fsp3) is 0.304. The van der Waals surface area contributed by atoms with Crippen molar-refractivity contribution in [3.63, 3.8) is 0 Å². The molecule has 1 atom stereocenters. The number of fused-ring (bicyclic) bond motifs is 1. The lowest BCUT2D eigenvalue weighted by molar-refractivity contribution is 0.197. The lowest BCUT2D eigenvalue weighted by Crippen LogP contribution is -2.13. The maximum Gasteiger partial charge on any atom is 0.179 e. The van der Waals surface area contributed by atoms with Crippen molar-refractivity contribution in [1.82, 2.24) is 25.0 Å². The number of nitrogens with two attached hydrogens (primary N) is 1. The first-order valence-corrected chi connectivity index (χ1v) is 10.3. The molecule has 0 spiro atoms. The zero-order valence-electron chi connectivity index (χ0n) is 18.3. The van der Waals surface area contributed by atoms with Gasteiger partial charge in [0.15, 0.2) is 5.82 Å². The summed E-state index contributed by atoms with van der Waals surface area (Å²) >= 11 is 0. The van der Waals surface area contributed by atoms with E-state index >= 15 is 0 Å². The number of rotatable bonds is 7. The summed E-state index contributed by atoms with van der Waals surface area (Å²) in [5.74, 6) is 1.49. The average molecular weight is 418 g/mol. The fourth-order valence-corrected chi connectivity index (χ4v) is 3.73. The second-order valence-electron chi connectivity index (χ2n) is 7.69. The van der Waals surface area contributed by atoms with E-state index in [0.29, 0.717) is 13.0 Å². The van der Waals surface area contributed by atoms with Crippen molar-refractivity contribution in [1.29, 1.82) is 0 Å². The van der Waals surface area contributed by atoms with Crippen LogP contribution in [-0.2, 0) is 0 Å². The lowest BCUT2D eigenvalue weighted by atomic mass is 10.1. The van der Waals surface area contributed by atoms with Gasteiger partial charge in [-0.3, -0.25) is 4.98 Å².